The molecular weight excluding hydrogens is 262 g/mol. The first kappa shape index (κ1) is 14.4. The molecular formula is C13H21N3O2S. The third kappa shape index (κ3) is 4.24. The van der Waals surface area contributed by atoms with Gasteiger partial charge in [-0.3, -0.25) is 10.1 Å². The average molecular weight is 283 g/mol. The Morgan fingerprint density at radius 1 is 1.68 bits per heavy atom. The number of esters is 1. The predicted molar refractivity (Wildman–Crippen MR) is 75.1 cm³/mol. The number of carbonyl (C=O) groups excluding carboxylic acids is 1. The number of aromatic amines is 1. The highest BCUT2D eigenvalue weighted by Gasteiger charge is 2.39. The van der Waals surface area contributed by atoms with Gasteiger partial charge in [0, 0.05) is 24.2 Å². The Bertz CT molecular complexity index is 406. The van der Waals surface area contributed by atoms with E-state index in [1.165, 1.54) is 0 Å². The molecule has 0 saturated heterocycles. The molecule has 106 valence electrons. The van der Waals surface area contributed by atoms with E-state index in [-0.39, 0.29) is 5.97 Å². The van der Waals surface area contributed by atoms with Crippen LogP contribution in [0.5, 0.6) is 0 Å². The summed E-state index contributed by atoms with van der Waals surface area (Å²) in [6.45, 7) is 4.20. The van der Waals surface area contributed by atoms with Gasteiger partial charge in [0.1, 0.15) is 5.54 Å². The van der Waals surface area contributed by atoms with Crippen LogP contribution in [0.15, 0.2) is 17.6 Å². The van der Waals surface area contributed by atoms with E-state index in [0.29, 0.717) is 12.6 Å². The van der Waals surface area contributed by atoms with Gasteiger partial charge in [0.05, 0.1) is 6.61 Å². The van der Waals surface area contributed by atoms with Gasteiger partial charge in [0.15, 0.2) is 5.16 Å². The van der Waals surface area contributed by atoms with Gasteiger partial charge in [0.2, 0.25) is 0 Å². The van der Waals surface area contributed by atoms with E-state index >= 15 is 0 Å². The minimum Gasteiger partial charge on any atom is -0.465 e. The number of hydrogen-bond donors (Lipinski definition) is 2. The zero-order valence-electron chi connectivity index (χ0n) is 11.4. The Morgan fingerprint density at radius 2 is 2.47 bits per heavy atom. The summed E-state index contributed by atoms with van der Waals surface area (Å²) in [5, 5.41) is 4.30. The number of thioether (sulfide) groups is 1. The van der Waals surface area contributed by atoms with Gasteiger partial charge in [-0.15, -0.1) is 0 Å². The second kappa shape index (κ2) is 6.43. The molecule has 0 radical (unpaired) electrons. The molecule has 1 saturated carbocycles. The number of aromatic nitrogens is 2. The lowest BCUT2D eigenvalue weighted by Crippen LogP contribution is -2.51. The van der Waals surface area contributed by atoms with Gasteiger partial charge in [-0.25, -0.2) is 4.98 Å². The Hall–Kier alpha value is -1.01. The zero-order chi connectivity index (χ0) is 13.7. The standard InChI is InChI=1S/C13H21N3O2S/c1-3-18-11(17)13(2,16-10-4-5-10)6-9-19-12-14-7-8-15-12/h7-8,10,16H,3-6,9H2,1-2H3,(H,14,15). The number of nitrogens with zero attached hydrogens (tertiary/aromatic N) is 1. The van der Waals surface area contributed by atoms with Gasteiger partial charge in [-0.05, 0) is 33.1 Å². The van der Waals surface area contributed by atoms with Crippen molar-refractivity contribution < 1.29 is 9.53 Å². The molecule has 6 heteroatoms. The number of imidazole rings is 1. The van der Waals surface area contributed by atoms with E-state index in [0.717, 1.165) is 30.2 Å². The molecule has 19 heavy (non-hydrogen) atoms. The quantitative estimate of drug-likeness (QED) is 0.564. The Labute approximate surface area is 117 Å². The maximum atomic E-state index is 12.1. The molecule has 5 nitrogen and oxygen atoms in total. The Kier molecular flexibility index (Phi) is 4.87. The molecule has 0 amide bonds. The molecule has 1 fully saturated rings. The van der Waals surface area contributed by atoms with Crippen molar-refractivity contribution in [2.75, 3.05) is 12.4 Å². The van der Waals surface area contributed by atoms with Crippen molar-refractivity contribution in [1.82, 2.24) is 15.3 Å². The fourth-order valence-corrected chi connectivity index (χ4v) is 2.87. The predicted octanol–water partition coefficient (Wildman–Crippen LogP) is 1.97. The molecule has 0 spiro atoms. The number of hydrogen-bond acceptors (Lipinski definition) is 5. The maximum absolute atomic E-state index is 12.1. The minimum absolute atomic E-state index is 0.151. The maximum Gasteiger partial charge on any atom is 0.326 e. The molecule has 1 unspecified atom stereocenters. The largest absolute Gasteiger partial charge is 0.465 e. The molecule has 0 aliphatic heterocycles. The summed E-state index contributed by atoms with van der Waals surface area (Å²) in [7, 11) is 0. The number of rotatable bonds is 8. The van der Waals surface area contributed by atoms with E-state index in [9.17, 15) is 4.79 Å². The van der Waals surface area contributed by atoms with Crippen molar-refractivity contribution >= 4 is 17.7 Å². The van der Waals surface area contributed by atoms with Crippen molar-refractivity contribution in [3.8, 4) is 0 Å². The first-order chi connectivity index (χ1) is 9.14. The van der Waals surface area contributed by atoms with E-state index in [4.69, 9.17) is 4.74 Å². The highest BCUT2D eigenvalue weighted by atomic mass is 32.2. The van der Waals surface area contributed by atoms with Crippen molar-refractivity contribution in [1.29, 1.82) is 0 Å². The smallest absolute Gasteiger partial charge is 0.326 e. The average Bonchev–Trinajstić information content (AvgIpc) is 3.03. The van der Waals surface area contributed by atoms with Crippen molar-refractivity contribution in [2.45, 2.75) is 49.8 Å². The van der Waals surface area contributed by atoms with Crippen LogP contribution in [0.1, 0.15) is 33.1 Å². The van der Waals surface area contributed by atoms with Crippen LogP contribution in [0.2, 0.25) is 0 Å². The van der Waals surface area contributed by atoms with Gasteiger partial charge in [-0.2, -0.15) is 0 Å². The van der Waals surface area contributed by atoms with Crippen LogP contribution < -0.4 is 5.32 Å². The third-order valence-corrected chi connectivity index (χ3v) is 4.04. The number of nitrogens with one attached hydrogen (secondary N) is 2. The second-order valence-corrected chi connectivity index (χ2v) is 6.05. The van der Waals surface area contributed by atoms with Crippen LogP contribution in [0.25, 0.3) is 0 Å². The highest BCUT2D eigenvalue weighted by Crippen LogP contribution is 2.26. The molecule has 1 heterocycles. The van der Waals surface area contributed by atoms with Gasteiger partial charge >= 0.3 is 5.97 Å². The fourth-order valence-electron chi connectivity index (χ4n) is 1.88. The van der Waals surface area contributed by atoms with Crippen LogP contribution in [0.4, 0.5) is 0 Å². The van der Waals surface area contributed by atoms with Crippen LogP contribution in [-0.4, -0.2) is 39.9 Å². The van der Waals surface area contributed by atoms with Gasteiger partial charge in [-0.1, -0.05) is 11.8 Å². The minimum atomic E-state index is -0.587. The topological polar surface area (TPSA) is 67.0 Å². The number of carbonyl (C=O) groups is 1. The summed E-state index contributed by atoms with van der Waals surface area (Å²) in [5.41, 5.74) is -0.587. The first-order valence-electron chi connectivity index (χ1n) is 6.71. The molecule has 1 atom stereocenters. The lowest BCUT2D eigenvalue weighted by Gasteiger charge is -2.28. The zero-order valence-corrected chi connectivity index (χ0v) is 12.3. The van der Waals surface area contributed by atoms with Crippen LogP contribution in [-0.2, 0) is 9.53 Å². The molecule has 0 bridgehead atoms. The van der Waals surface area contributed by atoms with Gasteiger partial charge in [0.25, 0.3) is 0 Å². The van der Waals surface area contributed by atoms with Crippen molar-refractivity contribution in [3.05, 3.63) is 12.4 Å². The molecule has 2 rings (SSSR count). The number of ether oxygens (including phenoxy) is 1. The van der Waals surface area contributed by atoms with Crippen LogP contribution in [0, 0.1) is 0 Å². The molecule has 1 aromatic rings. The number of H-pyrrole nitrogens is 1. The molecule has 1 aromatic heterocycles. The summed E-state index contributed by atoms with van der Waals surface area (Å²) in [4.78, 5) is 19.3. The molecule has 1 aliphatic rings. The van der Waals surface area contributed by atoms with E-state index in [1.54, 1.807) is 24.2 Å². The van der Waals surface area contributed by atoms with Crippen LogP contribution >= 0.6 is 11.8 Å². The Balaban J connectivity index is 1.86. The second-order valence-electron chi connectivity index (χ2n) is 4.96. The van der Waals surface area contributed by atoms with E-state index in [1.807, 2.05) is 13.8 Å². The third-order valence-electron chi connectivity index (χ3n) is 3.14. The summed E-state index contributed by atoms with van der Waals surface area (Å²) in [5.74, 6) is 0.671. The normalized spacial score (nSPS) is 18.0. The molecule has 1 aliphatic carbocycles. The van der Waals surface area contributed by atoms with Crippen LogP contribution in [0.3, 0.4) is 0 Å². The molecule has 0 aromatic carbocycles. The van der Waals surface area contributed by atoms with Crippen molar-refractivity contribution in [2.24, 2.45) is 0 Å². The van der Waals surface area contributed by atoms with E-state index < -0.39 is 5.54 Å². The summed E-state index contributed by atoms with van der Waals surface area (Å²) in [6, 6.07) is 0.475. The van der Waals surface area contributed by atoms with Crippen molar-refractivity contribution in [3.63, 3.8) is 0 Å². The van der Waals surface area contributed by atoms with Gasteiger partial charge < -0.3 is 9.72 Å². The SMILES string of the molecule is CCOC(=O)C(C)(CCSc1ncc[nH]1)NC1CC1. The summed E-state index contributed by atoms with van der Waals surface area (Å²) >= 11 is 1.62. The lowest BCUT2D eigenvalue weighted by molar-refractivity contribution is -0.150. The first-order valence-corrected chi connectivity index (χ1v) is 7.69. The highest BCUT2D eigenvalue weighted by molar-refractivity contribution is 7.99. The summed E-state index contributed by atoms with van der Waals surface area (Å²) in [6.07, 6.45) is 6.57. The van der Waals surface area contributed by atoms with E-state index in [2.05, 4.69) is 15.3 Å². The summed E-state index contributed by atoms with van der Waals surface area (Å²) < 4.78 is 5.19. The fraction of sp³-hybridized carbons (Fsp3) is 0.692. The molecule has 2 N–H and O–H groups in total. The lowest BCUT2D eigenvalue weighted by atomic mass is 9.99. The monoisotopic (exact) mass is 283 g/mol. The Morgan fingerprint density at radius 3 is 3.05 bits per heavy atom.